The van der Waals surface area contributed by atoms with E-state index in [1.165, 1.54) is 11.0 Å². The molecule has 2 saturated heterocycles. The number of hydrogen-bond acceptors (Lipinski definition) is 4. The average molecular weight is 491 g/mol. The Morgan fingerprint density at radius 1 is 0.750 bits per heavy atom. The predicted molar refractivity (Wildman–Crippen MR) is 137 cm³/mol. The minimum Gasteiger partial charge on any atom is -0.366 e. The second-order valence-corrected chi connectivity index (χ2v) is 9.54. The van der Waals surface area contributed by atoms with E-state index in [2.05, 4.69) is 0 Å². The highest BCUT2D eigenvalue weighted by atomic mass is 19.1. The Bertz CT molecular complexity index is 1270. The van der Waals surface area contributed by atoms with Crippen molar-refractivity contribution in [2.75, 3.05) is 44.2 Å². The number of rotatable bonds is 5. The van der Waals surface area contributed by atoms with Crippen molar-refractivity contribution in [3.63, 3.8) is 0 Å². The van der Waals surface area contributed by atoms with Gasteiger partial charge in [0.05, 0.1) is 11.3 Å². The fourth-order valence-corrected chi connectivity index (χ4v) is 5.24. The van der Waals surface area contributed by atoms with Crippen LogP contribution in [0.3, 0.4) is 0 Å². The number of Topliss-reactive ketones (excluding diaryl/α,β-unsaturated/α-hetero) is 1. The predicted octanol–water partition coefficient (Wildman–Crippen LogP) is 3.71. The molecule has 0 spiro atoms. The molecular formula is C28H31FN4O3. The third-order valence-electron chi connectivity index (χ3n) is 7.25. The minimum atomic E-state index is -0.577. The number of likely N-dealkylation sites (tertiary alicyclic amines) is 1. The Labute approximate surface area is 210 Å². The summed E-state index contributed by atoms with van der Waals surface area (Å²) in [5.74, 6) is -1.40. The van der Waals surface area contributed by atoms with E-state index in [0.29, 0.717) is 42.8 Å². The van der Waals surface area contributed by atoms with E-state index in [1.54, 1.807) is 29.0 Å². The van der Waals surface area contributed by atoms with Gasteiger partial charge in [-0.25, -0.2) is 4.39 Å². The molecule has 1 aromatic heterocycles. The van der Waals surface area contributed by atoms with Crippen LogP contribution in [0.4, 0.5) is 10.1 Å². The van der Waals surface area contributed by atoms with Crippen LogP contribution in [0.2, 0.25) is 0 Å². The molecule has 2 fully saturated rings. The van der Waals surface area contributed by atoms with Gasteiger partial charge < -0.3 is 19.3 Å². The molecule has 3 aromatic rings. The van der Waals surface area contributed by atoms with E-state index >= 15 is 0 Å². The first-order chi connectivity index (χ1) is 17.5. The number of halogens is 1. The van der Waals surface area contributed by atoms with Gasteiger partial charge in [-0.3, -0.25) is 14.4 Å². The highest BCUT2D eigenvalue weighted by Gasteiger charge is 2.30. The lowest BCUT2D eigenvalue weighted by molar-refractivity contribution is -0.131. The van der Waals surface area contributed by atoms with Crippen molar-refractivity contribution in [3.05, 3.63) is 66.1 Å². The number of hydrogen-bond donors (Lipinski definition) is 0. The summed E-state index contributed by atoms with van der Waals surface area (Å²) < 4.78 is 15.9. The third-order valence-corrected chi connectivity index (χ3v) is 7.25. The molecule has 36 heavy (non-hydrogen) atoms. The largest absolute Gasteiger partial charge is 0.366 e. The zero-order valence-electron chi connectivity index (χ0n) is 20.4. The maximum Gasteiger partial charge on any atom is 0.295 e. The summed E-state index contributed by atoms with van der Waals surface area (Å²) in [5.41, 5.74) is 1.59. The van der Waals surface area contributed by atoms with Crippen LogP contribution in [0.5, 0.6) is 0 Å². The number of ketones is 1. The number of anilines is 1. The highest BCUT2D eigenvalue weighted by Crippen LogP contribution is 2.24. The molecule has 3 heterocycles. The van der Waals surface area contributed by atoms with Gasteiger partial charge in [0.25, 0.3) is 11.7 Å². The molecule has 5 rings (SSSR count). The van der Waals surface area contributed by atoms with Crippen LogP contribution in [-0.2, 0) is 16.1 Å². The van der Waals surface area contributed by atoms with Gasteiger partial charge in [0, 0.05) is 56.4 Å². The van der Waals surface area contributed by atoms with Crippen LogP contribution in [0.15, 0.2) is 54.7 Å². The molecule has 0 bridgehead atoms. The summed E-state index contributed by atoms with van der Waals surface area (Å²) >= 11 is 0. The number of aromatic nitrogens is 1. The van der Waals surface area contributed by atoms with E-state index in [0.717, 1.165) is 44.3 Å². The maximum atomic E-state index is 14.2. The van der Waals surface area contributed by atoms with Crippen LogP contribution < -0.4 is 4.90 Å². The first kappa shape index (κ1) is 24.0. The smallest absolute Gasteiger partial charge is 0.295 e. The molecular weight excluding hydrogens is 459 g/mol. The SMILES string of the molecule is O=C(C(=O)N1CCN(c2ccccc2F)CC1)c1cn(CC(=O)N2CCCCCC2)c2ccccc12. The third kappa shape index (κ3) is 4.85. The van der Waals surface area contributed by atoms with Crippen molar-refractivity contribution in [3.8, 4) is 0 Å². The standard InChI is InChI=1S/C28H31FN4O3/c29-23-10-4-6-12-25(23)30-15-17-32(18-16-30)28(36)27(35)22-19-33(24-11-5-3-9-21(22)24)20-26(34)31-13-7-1-2-8-14-31/h3-6,9-12,19H,1-2,7-8,13-18,20H2. The lowest BCUT2D eigenvalue weighted by Crippen LogP contribution is -2.50. The van der Waals surface area contributed by atoms with Crippen molar-refractivity contribution in [2.24, 2.45) is 0 Å². The average Bonchev–Trinajstić information content (AvgIpc) is 3.06. The second-order valence-electron chi connectivity index (χ2n) is 9.54. The molecule has 0 aliphatic carbocycles. The van der Waals surface area contributed by atoms with Crippen LogP contribution in [0.1, 0.15) is 36.0 Å². The van der Waals surface area contributed by atoms with Crippen LogP contribution in [-0.4, -0.2) is 71.2 Å². The fourth-order valence-electron chi connectivity index (χ4n) is 5.24. The Kier molecular flexibility index (Phi) is 7.02. The normalized spacial score (nSPS) is 16.8. The molecule has 8 heteroatoms. The number of benzene rings is 2. The van der Waals surface area contributed by atoms with Gasteiger partial charge in [-0.2, -0.15) is 0 Å². The van der Waals surface area contributed by atoms with E-state index in [1.807, 2.05) is 34.1 Å². The molecule has 2 aliphatic rings. The number of fused-ring (bicyclic) bond motifs is 1. The van der Waals surface area contributed by atoms with Crippen molar-refractivity contribution < 1.29 is 18.8 Å². The monoisotopic (exact) mass is 490 g/mol. The van der Waals surface area contributed by atoms with E-state index in [9.17, 15) is 18.8 Å². The molecule has 0 atom stereocenters. The second kappa shape index (κ2) is 10.5. The van der Waals surface area contributed by atoms with Crippen LogP contribution in [0.25, 0.3) is 10.9 Å². The minimum absolute atomic E-state index is 0.0345. The van der Waals surface area contributed by atoms with E-state index in [4.69, 9.17) is 0 Å². The fraction of sp³-hybridized carbons (Fsp3) is 0.393. The number of para-hydroxylation sites is 2. The maximum absolute atomic E-state index is 14.2. The van der Waals surface area contributed by atoms with Gasteiger partial charge in [-0.05, 0) is 31.0 Å². The molecule has 2 aliphatic heterocycles. The Morgan fingerprint density at radius 2 is 1.42 bits per heavy atom. The van der Waals surface area contributed by atoms with Crippen LogP contribution >= 0.6 is 0 Å². The van der Waals surface area contributed by atoms with E-state index < -0.39 is 11.7 Å². The molecule has 0 radical (unpaired) electrons. The van der Waals surface area contributed by atoms with Crippen LogP contribution in [0, 0.1) is 5.82 Å². The lowest BCUT2D eigenvalue weighted by atomic mass is 10.1. The van der Waals surface area contributed by atoms with E-state index in [-0.39, 0.29) is 18.3 Å². The Hall–Kier alpha value is -3.68. The first-order valence-corrected chi connectivity index (χ1v) is 12.7. The van der Waals surface area contributed by atoms with Crippen molar-refractivity contribution in [1.29, 1.82) is 0 Å². The zero-order valence-corrected chi connectivity index (χ0v) is 20.4. The summed E-state index contributed by atoms with van der Waals surface area (Å²) in [6.45, 7) is 3.25. The quantitative estimate of drug-likeness (QED) is 0.404. The summed E-state index contributed by atoms with van der Waals surface area (Å²) in [6, 6.07) is 14.0. The van der Waals surface area contributed by atoms with Gasteiger partial charge in [-0.1, -0.05) is 43.2 Å². The van der Waals surface area contributed by atoms with Gasteiger partial charge in [-0.15, -0.1) is 0 Å². The number of piperazine rings is 1. The summed E-state index contributed by atoms with van der Waals surface area (Å²) in [7, 11) is 0. The summed E-state index contributed by atoms with van der Waals surface area (Å²) in [6.07, 6.45) is 5.97. The highest BCUT2D eigenvalue weighted by molar-refractivity contribution is 6.44. The molecule has 2 amide bonds. The number of amides is 2. The van der Waals surface area contributed by atoms with Crippen molar-refractivity contribution >= 4 is 34.2 Å². The van der Waals surface area contributed by atoms with Crippen molar-refractivity contribution in [2.45, 2.75) is 32.2 Å². The topological polar surface area (TPSA) is 65.9 Å². The number of nitrogens with zero attached hydrogens (tertiary/aromatic N) is 4. The molecule has 0 N–H and O–H groups in total. The molecule has 7 nitrogen and oxygen atoms in total. The first-order valence-electron chi connectivity index (χ1n) is 12.7. The molecule has 2 aromatic carbocycles. The molecule has 0 unspecified atom stereocenters. The molecule has 0 saturated carbocycles. The Morgan fingerprint density at radius 3 is 2.14 bits per heavy atom. The van der Waals surface area contributed by atoms with Crippen molar-refractivity contribution in [1.82, 2.24) is 14.4 Å². The summed E-state index contributed by atoms with van der Waals surface area (Å²) in [4.78, 5) is 44.8. The van der Waals surface area contributed by atoms with Gasteiger partial charge in [0.1, 0.15) is 12.4 Å². The number of carbonyl (C=O) groups is 3. The summed E-state index contributed by atoms with van der Waals surface area (Å²) in [5, 5.41) is 0.671. The lowest BCUT2D eigenvalue weighted by Gasteiger charge is -2.35. The van der Waals surface area contributed by atoms with Gasteiger partial charge >= 0.3 is 0 Å². The van der Waals surface area contributed by atoms with Gasteiger partial charge in [0.15, 0.2) is 0 Å². The number of carbonyl (C=O) groups excluding carboxylic acids is 3. The molecule has 188 valence electrons. The Balaban J connectivity index is 1.31. The van der Waals surface area contributed by atoms with Gasteiger partial charge in [0.2, 0.25) is 5.91 Å². The zero-order chi connectivity index (χ0) is 25.1.